The zero-order valence-corrected chi connectivity index (χ0v) is 9.82. The number of anilines is 2. The molecule has 1 aromatic rings. The Bertz CT molecular complexity index is 365. The van der Waals surface area contributed by atoms with Gasteiger partial charge in [-0.1, -0.05) is 0 Å². The van der Waals surface area contributed by atoms with Crippen molar-refractivity contribution in [1.82, 2.24) is 0 Å². The van der Waals surface area contributed by atoms with Gasteiger partial charge < -0.3 is 15.7 Å². The Kier molecular flexibility index (Phi) is 3.34. The fourth-order valence-corrected chi connectivity index (χ4v) is 2.37. The summed E-state index contributed by atoms with van der Waals surface area (Å²) in [7, 11) is 0. The summed E-state index contributed by atoms with van der Waals surface area (Å²) in [5, 5.41) is 9.38. The minimum absolute atomic E-state index is 0.240. The molecule has 16 heavy (non-hydrogen) atoms. The van der Waals surface area contributed by atoms with E-state index in [-0.39, 0.29) is 12.6 Å². The van der Waals surface area contributed by atoms with E-state index in [1.807, 2.05) is 13.0 Å². The van der Waals surface area contributed by atoms with Crippen molar-refractivity contribution in [3.63, 3.8) is 0 Å². The predicted octanol–water partition coefficient (Wildman–Crippen LogP) is 1.93. The van der Waals surface area contributed by atoms with E-state index in [9.17, 15) is 5.11 Å². The van der Waals surface area contributed by atoms with Gasteiger partial charge in [-0.05, 0) is 49.9 Å². The van der Waals surface area contributed by atoms with Crippen molar-refractivity contribution in [3.05, 3.63) is 23.8 Å². The highest BCUT2D eigenvalue weighted by molar-refractivity contribution is 5.58. The van der Waals surface area contributed by atoms with Crippen LogP contribution in [0.15, 0.2) is 18.2 Å². The average molecular weight is 220 g/mol. The largest absolute Gasteiger partial charge is 0.399 e. The number of nitrogens with zero attached hydrogens (tertiary/aromatic N) is 1. The lowest BCUT2D eigenvalue weighted by atomic mass is 10.0. The maximum Gasteiger partial charge on any atom is 0.0635 e. The van der Waals surface area contributed by atoms with E-state index >= 15 is 0 Å². The number of aliphatic hydroxyl groups excluding tert-OH is 1. The van der Waals surface area contributed by atoms with Gasteiger partial charge in [-0.2, -0.15) is 0 Å². The highest BCUT2D eigenvalue weighted by Gasteiger charge is 2.21. The monoisotopic (exact) mass is 220 g/mol. The summed E-state index contributed by atoms with van der Waals surface area (Å²) in [5.41, 5.74) is 8.95. The highest BCUT2D eigenvalue weighted by Crippen LogP contribution is 2.27. The first-order valence-corrected chi connectivity index (χ1v) is 5.96. The molecule has 3 heteroatoms. The molecule has 3 N–H and O–H groups in total. The van der Waals surface area contributed by atoms with Gasteiger partial charge in [-0.25, -0.2) is 0 Å². The molecule has 0 bridgehead atoms. The summed E-state index contributed by atoms with van der Waals surface area (Å²) in [6.07, 6.45) is 3.51. The lowest BCUT2D eigenvalue weighted by molar-refractivity contribution is 0.240. The van der Waals surface area contributed by atoms with E-state index in [2.05, 4.69) is 17.0 Å². The molecule has 1 unspecified atom stereocenters. The van der Waals surface area contributed by atoms with Gasteiger partial charge in [0.2, 0.25) is 0 Å². The molecule has 1 saturated heterocycles. The first-order chi connectivity index (χ1) is 7.72. The van der Waals surface area contributed by atoms with Crippen molar-refractivity contribution in [2.45, 2.75) is 32.2 Å². The third-order valence-corrected chi connectivity index (χ3v) is 3.42. The second-order valence-corrected chi connectivity index (χ2v) is 4.57. The van der Waals surface area contributed by atoms with Gasteiger partial charge in [0, 0.05) is 17.9 Å². The minimum Gasteiger partial charge on any atom is -0.399 e. The summed E-state index contributed by atoms with van der Waals surface area (Å²) in [6, 6.07) is 6.39. The fraction of sp³-hybridized carbons (Fsp3) is 0.538. The van der Waals surface area contributed by atoms with Crippen LogP contribution in [0.3, 0.4) is 0 Å². The molecule has 1 heterocycles. The molecule has 0 saturated carbocycles. The van der Waals surface area contributed by atoms with E-state index < -0.39 is 0 Å². The van der Waals surface area contributed by atoms with Crippen LogP contribution in [-0.4, -0.2) is 24.3 Å². The van der Waals surface area contributed by atoms with E-state index in [1.54, 1.807) is 0 Å². The standard InChI is InChI=1S/C13H20N2O/c1-10-8-11(5-6-13(10)14)15-7-3-2-4-12(15)9-16/h5-6,8,12,16H,2-4,7,9,14H2,1H3. The zero-order valence-electron chi connectivity index (χ0n) is 9.82. The summed E-state index contributed by atoms with van der Waals surface area (Å²) in [5.74, 6) is 0. The van der Waals surface area contributed by atoms with Gasteiger partial charge in [0.1, 0.15) is 0 Å². The second-order valence-electron chi connectivity index (χ2n) is 4.57. The molecular weight excluding hydrogens is 200 g/mol. The van der Waals surface area contributed by atoms with E-state index in [0.29, 0.717) is 0 Å². The SMILES string of the molecule is Cc1cc(N2CCCCC2CO)ccc1N. The summed E-state index contributed by atoms with van der Waals surface area (Å²) < 4.78 is 0. The number of piperidine rings is 1. The Morgan fingerprint density at radius 3 is 2.94 bits per heavy atom. The molecule has 88 valence electrons. The maximum absolute atomic E-state index is 9.38. The fourth-order valence-electron chi connectivity index (χ4n) is 2.37. The Labute approximate surface area is 96.9 Å². The quantitative estimate of drug-likeness (QED) is 0.749. The Hall–Kier alpha value is -1.22. The molecule has 0 aliphatic carbocycles. The Balaban J connectivity index is 2.23. The van der Waals surface area contributed by atoms with Gasteiger partial charge in [-0.15, -0.1) is 0 Å². The second kappa shape index (κ2) is 4.74. The normalized spacial score (nSPS) is 21.1. The number of nitrogens with two attached hydrogens (primary N) is 1. The minimum atomic E-state index is 0.240. The van der Waals surface area contributed by atoms with Crippen molar-refractivity contribution >= 4 is 11.4 Å². The van der Waals surface area contributed by atoms with E-state index in [0.717, 1.165) is 24.2 Å². The zero-order chi connectivity index (χ0) is 11.5. The van der Waals surface area contributed by atoms with E-state index in [1.165, 1.54) is 18.5 Å². The van der Waals surface area contributed by atoms with Crippen LogP contribution >= 0.6 is 0 Å². The molecule has 1 aromatic carbocycles. The molecule has 3 nitrogen and oxygen atoms in total. The first-order valence-electron chi connectivity index (χ1n) is 5.96. The van der Waals surface area contributed by atoms with Crippen molar-refractivity contribution in [2.75, 3.05) is 23.8 Å². The van der Waals surface area contributed by atoms with Crippen molar-refractivity contribution in [2.24, 2.45) is 0 Å². The first kappa shape index (κ1) is 11.3. The summed E-state index contributed by atoms with van der Waals surface area (Å²) in [4.78, 5) is 2.30. The predicted molar refractivity (Wildman–Crippen MR) is 67.7 cm³/mol. The Morgan fingerprint density at radius 2 is 2.25 bits per heavy atom. The molecule has 1 atom stereocenters. The topological polar surface area (TPSA) is 49.5 Å². The van der Waals surface area contributed by atoms with Crippen LogP contribution in [-0.2, 0) is 0 Å². The molecule has 0 radical (unpaired) electrons. The number of rotatable bonds is 2. The van der Waals surface area contributed by atoms with E-state index in [4.69, 9.17) is 5.73 Å². The van der Waals surface area contributed by atoms with Gasteiger partial charge >= 0.3 is 0 Å². The molecule has 0 aromatic heterocycles. The number of aryl methyl sites for hydroxylation is 1. The van der Waals surface area contributed by atoms with Crippen LogP contribution in [0.1, 0.15) is 24.8 Å². The van der Waals surface area contributed by atoms with Crippen molar-refractivity contribution in [1.29, 1.82) is 0 Å². The molecule has 1 fully saturated rings. The van der Waals surface area contributed by atoms with Crippen LogP contribution < -0.4 is 10.6 Å². The van der Waals surface area contributed by atoms with Gasteiger partial charge in [0.05, 0.1) is 12.6 Å². The molecule has 2 rings (SSSR count). The van der Waals surface area contributed by atoms with Gasteiger partial charge in [0.15, 0.2) is 0 Å². The molecule has 1 aliphatic heterocycles. The van der Waals surface area contributed by atoms with Crippen LogP contribution in [0.2, 0.25) is 0 Å². The molecule has 0 spiro atoms. The Morgan fingerprint density at radius 1 is 1.44 bits per heavy atom. The molecule has 1 aliphatic rings. The van der Waals surface area contributed by atoms with Crippen molar-refractivity contribution < 1.29 is 5.11 Å². The smallest absolute Gasteiger partial charge is 0.0635 e. The van der Waals surface area contributed by atoms with Gasteiger partial charge in [0.25, 0.3) is 0 Å². The number of aliphatic hydroxyl groups is 1. The molecular formula is C13H20N2O. The van der Waals surface area contributed by atoms with Crippen LogP contribution in [0.25, 0.3) is 0 Å². The summed E-state index contributed by atoms with van der Waals surface area (Å²) in [6.45, 7) is 3.30. The lowest BCUT2D eigenvalue weighted by Gasteiger charge is -2.36. The highest BCUT2D eigenvalue weighted by atomic mass is 16.3. The third-order valence-electron chi connectivity index (χ3n) is 3.42. The van der Waals surface area contributed by atoms with Crippen LogP contribution in [0.5, 0.6) is 0 Å². The number of hydrogen-bond donors (Lipinski definition) is 2. The number of benzene rings is 1. The maximum atomic E-state index is 9.38. The molecule has 0 amide bonds. The van der Waals surface area contributed by atoms with Crippen molar-refractivity contribution in [3.8, 4) is 0 Å². The number of nitrogen functional groups attached to an aromatic ring is 1. The number of hydrogen-bond acceptors (Lipinski definition) is 3. The van der Waals surface area contributed by atoms with Crippen LogP contribution in [0, 0.1) is 6.92 Å². The van der Waals surface area contributed by atoms with Gasteiger partial charge in [-0.3, -0.25) is 0 Å². The summed E-state index contributed by atoms with van der Waals surface area (Å²) >= 11 is 0. The lowest BCUT2D eigenvalue weighted by Crippen LogP contribution is -2.41. The van der Waals surface area contributed by atoms with Crippen LogP contribution in [0.4, 0.5) is 11.4 Å². The third kappa shape index (κ3) is 2.14. The average Bonchev–Trinajstić information content (AvgIpc) is 2.32.